The SMILES string of the molecule is CCCCNc1ncc2c(-c3ccc(C(=O)NN)cc3)nn(CC3CCC(N)CC3)c2n1. The number of nitrogens with zero attached hydrogens (tertiary/aromatic N) is 4. The molecule has 1 amide bonds. The minimum atomic E-state index is -0.325. The first-order chi connectivity index (χ1) is 15.6. The number of nitrogen functional groups attached to an aromatic ring is 1. The van der Waals surface area contributed by atoms with Crippen LogP contribution in [0.4, 0.5) is 5.95 Å². The second-order valence-electron chi connectivity index (χ2n) is 8.57. The standard InChI is InChI=1S/C23H32N8O/c1-2-3-12-26-23-27-13-19-20(16-6-8-17(9-7-16)22(32)29-25)30-31(21(19)28-23)14-15-4-10-18(24)11-5-15/h6-9,13,15,18H,2-5,10-12,14,24-25H2,1H3,(H,29,32)(H,26,27,28). The highest BCUT2D eigenvalue weighted by Gasteiger charge is 2.22. The van der Waals surface area contributed by atoms with E-state index in [0.717, 1.165) is 73.9 Å². The van der Waals surface area contributed by atoms with E-state index in [4.69, 9.17) is 21.7 Å². The molecule has 2 aromatic heterocycles. The van der Waals surface area contributed by atoms with E-state index in [1.54, 1.807) is 12.1 Å². The van der Waals surface area contributed by atoms with E-state index in [9.17, 15) is 4.79 Å². The van der Waals surface area contributed by atoms with Crippen LogP contribution >= 0.6 is 0 Å². The van der Waals surface area contributed by atoms with Crippen LogP contribution in [-0.2, 0) is 6.54 Å². The third kappa shape index (κ3) is 4.89. The van der Waals surface area contributed by atoms with Gasteiger partial charge in [-0.1, -0.05) is 25.5 Å². The summed E-state index contributed by atoms with van der Waals surface area (Å²) < 4.78 is 2.01. The van der Waals surface area contributed by atoms with E-state index in [-0.39, 0.29) is 5.91 Å². The number of fused-ring (bicyclic) bond motifs is 1. The van der Waals surface area contributed by atoms with E-state index in [1.165, 1.54) is 0 Å². The highest BCUT2D eigenvalue weighted by Crippen LogP contribution is 2.30. The van der Waals surface area contributed by atoms with Crippen LogP contribution in [0.2, 0.25) is 0 Å². The van der Waals surface area contributed by atoms with Crippen molar-refractivity contribution in [2.75, 3.05) is 11.9 Å². The van der Waals surface area contributed by atoms with Crippen LogP contribution < -0.4 is 22.3 Å². The van der Waals surface area contributed by atoms with E-state index < -0.39 is 0 Å². The number of hydrogen-bond donors (Lipinski definition) is 4. The van der Waals surface area contributed by atoms with E-state index in [0.29, 0.717) is 23.5 Å². The molecule has 0 unspecified atom stereocenters. The molecular formula is C23H32N8O. The van der Waals surface area contributed by atoms with Gasteiger partial charge in [-0.15, -0.1) is 0 Å². The Morgan fingerprint density at radius 1 is 1.19 bits per heavy atom. The fourth-order valence-corrected chi connectivity index (χ4v) is 4.24. The monoisotopic (exact) mass is 436 g/mol. The Morgan fingerprint density at radius 3 is 2.62 bits per heavy atom. The molecule has 9 nitrogen and oxygen atoms in total. The van der Waals surface area contributed by atoms with Gasteiger partial charge in [0.15, 0.2) is 5.65 Å². The number of anilines is 1. The highest BCUT2D eigenvalue weighted by atomic mass is 16.2. The molecule has 3 aromatic rings. The lowest BCUT2D eigenvalue weighted by molar-refractivity contribution is 0.0953. The number of unbranched alkanes of at least 4 members (excludes halogenated alkanes) is 1. The van der Waals surface area contributed by atoms with Gasteiger partial charge in [-0.25, -0.2) is 15.5 Å². The van der Waals surface area contributed by atoms with Crippen molar-refractivity contribution in [3.63, 3.8) is 0 Å². The van der Waals surface area contributed by atoms with Crippen molar-refractivity contribution < 1.29 is 4.79 Å². The summed E-state index contributed by atoms with van der Waals surface area (Å²) in [5, 5.41) is 9.15. The molecular weight excluding hydrogens is 404 g/mol. The second-order valence-corrected chi connectivity index (χ2v) is 8.57. The number of hydrazine groups is 1. The van der Waals surface area contributed by atoms with Crippen LogP contribution in [-0.4, -0.2) is 38.2 Å². The quantitative estimate of drug-likeness (QED) is 0.184. The third-order valence-corrected chi connectivity index (χ3v) is 6.18. The Morgan fingerprint density at radius 2 is 1.94 bits per heavy atom. The van der Waals surface area contributed by atoms with Gasteiger partial charge in [0.1, 0.15) is 5.69 Å². The molecule has 9 heteroatoms. The molecule has 32 heavy (non-hydrogen) atoms. The maximum Gasteiger partial charge on any atom is 0.265 e. The minimum absolute atomic E-state index is 0.317. The number of aromatic nitrogens is 4. The molecule has 0 radical (unpaired) electrons. The topological polar surface area (TPSA) is 137 Å². The van der Waals surface area contributed by atoms with Gasteiger partial charge in [-0.05, 0) is 50.2 Å². The van der Waals surface area contributed by atoms with Gasteiger partial charge in [0, 0.05) is 36.5 Å². The Balaban J connectivity index is 1.68. The molecule has 0 atom stereocenters. The zero-order valence-electron chi connectivity index (χ0n) is 18.6. The van der Waals surface area contributed by atoms with Crippen LogP contribution in [0.5, 0.6) is 0 Å². The third-order valence-electron chi connectivity index (χ3n) is 6.18. The van der Waals surface area contributed by atoms with Crippen molar-refractivity contribution in [2.45, 2.75) is 58.0 Å². The van der Waals surface area contributed by atoms with Crippen LogP contribution in [0.15, 0.2) is 30.5 Å². The summed E-state index contributed by atoms with van der Waals surface area (Å²) in [6.07, 6.45) is 8.34. The summed E-state index contributed by atoms with van der Waals surface area (Å²) in [5.74, 6) is 6.07. The summed E-state index contributed by atoms with van der Waals surface area (Å²) in [6, 6.07) is 7.56. The van der Waals surface area contributed by atoms with Gasteiger partial charge < -0.3 is 11.1 Å². The number of hydrogen-bond acceptors (Lipinski definition) is 7. The molecule has 1 aromatic carbocycles. The molecule has 6 N–H and O–H groups in total. The smallest absolute Gasteiger partial charge is 0.265 e. The molecule has 1 aliphatic rings. The van der Waals surface area contributed by atoms with Crippen LogP contribution in [0.3, 0.4) is 0 Å². The van der Waals surface area contributed by atoms with Gasteiger partial charge in [0.05, 0.1) is 5.39 Å². The average molecular weight is 437 g/mol. The van der Waals surface area contributed by atoms with Gasteiger partial charge in [-0.2, -0.15) is 10.1 Å². The van der Waals surface area contributed by atoms with Gasteiger partial charge in [-0.3, -0.25) is 10.2 Å². The predicted octanol–water partition coefficient (Wildman–Crippen LogP) is 2.83. The summed E-state index contributed by atoms with van der Waals surface area (Å²) in [4.78, 5) is 21.1. The van der Waals surface area contributed by atoms with Crippen molar-refractivity contribution in [1.29, 1.82) is 0 Å². The summed E-state index contributed by atoms with van der Waals surface area (Å²) >= 11 is 0. The fourth-order valence-electron chi connectivity index (χ4n) is 4.24. The van der Waals surface area contributed by atoms with Crippen molar-refractivity contribution in [3.8, 4) is 11.3 Å². The predicted molar refractivity (Wildman–Crippen MR) is 126 cm³/mol. The van der Waals surface area contributed by atoms with Crippen LogP contribution in [0, 0.1) is 5.92 Å². The van der Waals surface area contributed by atoms with E-state index in [1.807, 2.05) is 23.0 Å². The Labute approximate surface area is 188 Å². The molecule has 4 rings (SSSR count). The van der Waals surface area contributed by atoms with Gasteiger partial charge in [0.2, 0.25) is 5.95 Å². The largest absolute Gasteiger partial charge is 0.354 e. The number of nitrogens with one attached hydrogen (secondary N) is 2. The molecule has 0 aliphatic heterocycles. The number of carbonyl (C=O) groups is 1. The van der Waals surface area contributed by atoms with Crippen LogP contribution in [0.25, 0.3) is 22.3 Å². The Hall–Kier alpha value is -3.04. The van der Waals surface area contributed by atoms with Crippen molar-refractivity contribution in [1.82, 2.24) is 25.2 Å². The average Bonchev–Trinajstić information content (AvgIpc) is 3.18. The van der Waals surface area contributed by atoms with E-state index >= 15 is 0 Å². The van der Waals surface area contributed by atoms with Crippen LogP contribution in [0.1, 0.15) is 55.8 Å². The number of benzene rings is 1. The zero-order chi connectivity index (χ0) is 22.5. The highest BCUT2D eigenvalue weighted by molar-refractivity contribution is 5.95. The zero-order valence-corrected chi connectivity index (χ0v) is 18.6. The molecule has 0 spiro atoms. The lowest BCUT2D eigenvalue weighted by Gasteiger charge is -2.25. The number of amides is 1. The Kier molecular flexibility index (Phi) is 6.96. The molecule has 170 valence electrons. The summed E-state index contributed by atoms with van der Waals surface area (Å²) in [5.41, 5.74) is 11.3. The number of rotatable bonds is 8. The normalized spacial score (nSPS) is 18.6. The first-order valence-electron chi connectivity index (χ1n) is 11.4. The maximum atomic E-state index is 11.8. The number of carbonyl (C=O) groups excluding carboxylic acids is 1. The van der Waals surface area contributed by atoms with Crippen molar-refractivity contribution in [2.24, 2.45) is 17.5 Å². The molecule has 1 saturated carbocycles. The molecule has 0 saturated heterocycles. The lowest BCUT2D eigenvalue weighted by atomic mass is 9.86. The van der Waals surface area contributed by atoms with E-state index in [2.05, 4.69) is 22.7 Å². The molecule has 1 fully saturated rings. The molecule has 0 bridgehead atoms. The van der Waals surface area contributed by atoms with Crippen molar-refractivity contribution in [3.05, 3.63) is 36.0 Å². The van der Waals surface area contributed by atoms with Gasteiger partial charge >= 0.3 is 0 Å². The van der Waals surface area contributed by atoms with Crippen molar-refractivity contribution >= 4 is 22.9 Å². The first kappa shape index (κ1) is 22.2. The summed E-state index contributed by atoms with van der Waals surface area (Å²) in [7, 11) is 0. The Bertz CT molecular complexity index is 1050. The number of nitrogens with two attached hydrogens (primary N) is 2. The fraction of sp³-hybridized carbons (Fsp3) is 0.478. The molecule has 2 heterocycles. The maximum absolute atomic E-state index is 11.8. The van der Waals surface area contributed by atoms with Gasteiger partial charge in [0.25, 0.3) is 5.91 Å². The second kappa shape index (κ2) is 10.1. The first-order valence-corrected chi connectivity index (χ1v) is 11.4. The minimum Gasteiger partial charge on any atom is -0.354 e. The lowest BCUT2D eigenvalue weighted by Crippen LogP contribution is -2.29. The summed E-state index contributed by atoms with van der Waals surface area (Å²) in [6.45, 7) is 3.81. The molecule has 1 aliphatic carbocycles.